The van der Waals surface area contributed by atoms with Crippen LogP contribution < -0.4 is 10.6 Å². The van der Waals surface area contributed by atoms with Crippen molar-refractivity contribution in [3.05, 3.63) is 90.0 Å². The van der Waals surface area contributed by atoms with Crippen molar-refractivity contribution >= 4 is 40.9 Å². The number of anilines is 2. The van der Waals surface area contributed by atoms with E-state index in [1.165, 1.54) is 11.8 Å². The van der Waals surface area contributed by atoms with Gasteiger partial charge in [0, 0.05) is 16.3 Å². The van der Waals surface area contributed by atoms with E-state index < -0.39 is 5.97 Å². The Morgan fingerprint density at radius 3 is 2.30 bits per heavy atom. The van der Waals surface area contributed by atoms with E-state index in [1.54, 1.807) is 31.2 Å². The molecule has 3 aromatic carbocycles. The molecule has 0 bridgehead atoms. The molecule has 33 heavy (non-hydrogen) atoms. The van der Waals surface area contributed by atoms with Crippen LogP contribution in [0.1, 0.15) is 29.8 Å². The number of hydrogen-bond acceptors (Lipinski definition) is 5. The number of nitrogens with one attached hydrogen (secondary N) is 2. The van der Waals surface area contributed by atoms with Crippen molar-refractivity contribution in [2.24, 2.45) is 0 Å². The number of benzene rings is 3. The fraction of sp³-hybridized carbons (Fsp3) is 0.192. The van der Waals surface area contributed by atoms with Crippen molar-refractivity contribution < 1.29 is 19.1 Å². The Hall–Kier alpha value is -3.58. The quantitative estimate of drug-likeness (QED) is 0.339. The number of carbonyl (C=O) groups excluding carboxylic acids is 3. The minimum atomic E-state index is -0.393. The highest BCUT2D eigenvalue weighted by atomic mass is 32.2. The average molecular weight is 463 g/mol. The van der Waals surface area contributed by atoms with Crippen LogP contribution in [0.4, 0.5) is 11.4 Å². The summed E-state index contributed by atoms with van der Waals surface area (Å²) in [5.74, 6) is -0.655. The van der Waals surface area contributed by atoms with Crippen LogP contribution in [0.25, 0.3) is 0 Å². The van der Waals surface area contributed by atoms with Crippen molar-refractivity contribution in [3.8, 4) is 0 Å². The van der Waals surface area contributed by atoms with Gasteiger partial charge in [0.1, 0.15) is 0 Å². The Bertz CT molecular complexity index is 1100. The normalized spacial score (nSPS) is 11.3. The largest absolute Gasteiger partial charge is 0.462 e. The molecular formula is C26H26N2O4S. The zero-order chi connectivity index (χ0) is 23.6. The van der Waals surface area contributed by atoms with Crippen molar-refractivity contribution in [3.63, 3.8) is 0 Å². The molecule has 170 valence electrons. The van der Waals surface area contributed by atoms with Gasteiger partial charge in [0.2, 0.25) is 11.8 Å². The molecular weight excluding hydrogens is 436 g/mol. The van der Waals surface area contributed by atoms with E-state index in [0.29, 0.717) is 30.0 Å². The topological polar surface area (TPSA) is 84.5 Å². The van der Waals surface area contributed by atoms with Gasteiger partial charge in [0.15, 0.2) is 0 Å². The maximum absolute atomic E-state index is 12.6. The first-order valence-electron chi connectivity index (χ1n) is 10.6. The standard InChI is InChI=1S/C26H26N2O4S/c1-3-32-26(31)20-12-14-21(15-13-20)28-25(30)18(2)33-23-11-7-10-22(17-23)27-24(29)16-19-8-5-4-6-9-19/h4-15,17-18H,3,16H2,1-2H3,(H,27,29)(H,28,30). The highest BCUT2D eigenvalue weighted by molar-refractivity contribution is 8.00. The number of esters is 1. The van der Waals surface area contributed by atoms with E-state index in [-0.39, 0.29) is 17.1 Å². The van der Waals surface area contributed by atoms with E-state index in [1.807, 2.05) is 61.5 Å². The Morgan fingerprint density at radius 2 is 1.61 bits per heavy atom. The Labute approximate surface area is 197 Å². The van der Waals surface area contributed by atoms with Crippen LogP contribution in [-0.4, -0.2) is 29.6 Å². The molecule has 0 saturated heterocycles. The lowest BCUT2D eigenvalue weighted by molar-refractivity contribution is -0.116. The Morgan fingerprint density at radius 1 is 0.879 bits per heavy atom. The lowest BCUT2D eigenvalue weighted by Gasteiger charge is -2.13. The van der Waals surface area contributed by atoms with Crippen LogP contribution in [0, 0.1) is 0 Å². The molecule has 3 rings (SSSR count). The molecule has 6 nitrogen and oxygen atoms in total. The molecule has 2 N–H and O–H groups in total. The number of hydrogen-bond donors (Lipinski definition) is 2. The average Bonchev–Trinajstić information content (AvgIpc) is 2.80. The number of ether oxygens (including phenoxy) is 1. The van der Waals surface area contributed by atoms with Crippen molar-refractivity contribution in [2.45, 2.75) is 30.4 Å². The summed E-state index contributed by atoms with van der Waals surface area (Å²) >= 11 is 1.39. The molecule has 1 unspecified atom stereocenters. The number of thioether (sulfide) groups is 1. The van der Waals surface area contributed by atoms with Crippen LogP contribution in [0.3, 0.4) is 0 Å². The van der Waals surface area contributed by atoms with Crippen molar-refractivity contribution in [1.29, 1.82) is 0 Å². The van der Waals surface area contributed by atoms with Crippen LogP contribution in [0.2, 0.25) is 0 Å². The molecule has 1 atom stereocenters. The first-order chi connectivity index (χ1) is 15.9. The van der Waals surface area contributed by atoms with Gasteiger partial charge in [-0.05, 0) is 61.9 Å². The summed E-state index contributed by atoms with van der Waals surface area (Å²) in [5, 5.41) is 5.39. The summed E-state index contributed by atoms with van der Waals surface area (Å²) in [5.41, 5.74) is 2.66. The zero-order valence-corrected chi connectivity index (χ0v) is 19.4. The Balaban J connectivity index is 1.54. The van der Waals surface area contributed by atoms with Crippen LogP contribution in [-0.2, 0) is 20.7 Å². The summed E-state index contributed by atoms with van der Waals surface area (Å²) < 4.78 is 4.96. The van der Waals surface area contributed by atoms with Crippen LogP contribution in [0.5, 0.6) is 0 Å². The molecule has 0 fully saturated rings. The van der Waals surface area contributed by atoms with Crippen molar-refractivity contribution in [1.82, 2.24) is 0 Å². The van der Waals surface area contributed by atoms with Gasteiger partial charge in [0.05, 0.1) is 23.8 Å². The highest BCUT2D eigenvalue weighted by Gasteiger charge is 2.16. The minimum absolute atomic E-state index is 0.0968. The summed E-state index contributed by atoms with van der Waals surface area (Å²) in [6.45, 7) is 3.87. The van der Waals surface area contributed by atoms with E-state index in [0.717, 1.165) is 10.5 Å². The first-order valence-corrected chi connectivity index (χ1v) is 11.5. The summed E-state index contributed by atoms with van der Waals surface area (Å²) in [4.78, 5) is 37.5. The van der Waals surface area contributed by atoms with E-state index in [4.69, 9.17) is 4.74 Å². The molecule has 0 aliphatic rings. The number of carbonyl (C=O) groups is 3. The molecule has 2 amide bonds. The molecule has 0 spiro atoms. The molecule has 3 aromatic rings. The molecule has 0 aromatic heterocycles. The second-order valence-electron chi connectivity index (χ2n) is 7.29. The summed E-state index contributed by atoms with van der Waals surface area (Å²) in [6, 6.07) is 23.5. The maximum Gasteiger partial charge on any atom is 0.338 e. The molecule has 7 heteroatoms. The fourth-order valence-electron chi connectivity index (χ4n) is 3.04. The van der Waals surface area contributed by atoms with E-state index >= 15 is 0 Å². The summed E-state index contributed by atoms with van der Waals surface area (Å²) in [7, 11) is 0. The third kappa shape index (κ3) is 7.50. The second kappa shape index (κ2) is 11.9. The Kier molecular flexibility index (Phi) is 8.66. The zero-order valence-electron chi connectivity index (χ0n) is 18.5. The summed E-state index contributed by atoms with van der Waals surface area (Å²) in [6.07, 6.45) is 0.298. The molecule has 0 saturated carbocycles. The van der Waals surface area contributed by atoms with Gasteiger partial charge in [-0.15, -0.1) is 11.8 Å². The minimum Gasteiger partial charge on any atom is -0.462 e. The predicted octanol–water partition coefficient (Wildman–Crippen LogP) is 5.16. The van der Waals surface area contributed by atoms with Gasteiger partial charge in [-0.1, -0.05) is 36.4 Å². The SMILES string of the molecule is CCOC(=O)c1ccc(NC(=O)C(C)Sc2cccc(NC(=O)Cc3ccccc3)c2)cc1. The first kappa shape index (κ1) is 24.1. The van der Waals surface area contributed by atoms with E-state index in [2.05, 4.69) is 10.6 Å². The molecule has 0 aliphatic heterocycles. The smallest absolute Gasteiger partial charge is 0.338 e. The molecule has 0 heterocycles. The van der Waals surface area contributed by atoms with Gasteiger partial charge in [0.25, 0.3) is 0 Å². The number of amides is 2. The molecule has 0 radical (unpaired) electrons. The maximum atomic E-state index is 12.6. The lowest BCUT2D eigenvalue weighted by atomic mass is 10.1. The van der Waals surface area contributed by atoms with E-state index in [9.17, 15) is 14.4 Å². The molecule has 0 aliphatic carbocycles. The third-order valence-corrected chi connectivity index (χ3v) is 5.76. The van der Waals surface area contributed by atoms with Gasteiger partial charge < -0.3 is 15.4 Å². The second-order valence-corrected chi connectivity index (χ2v) is 8.70. The van der Waals surface area contributed by atoms with Gasteiger partial charge in [-0.3, -0.25) is 9.59 Å². The monoisotopic (exact) mass is 462 g/mol. The van der Waals surface area contributed by atoms with Crippen LogP contribution in [0.15, 0.2) is 83.8 Å². The lowest BCUT2D eigenvalue weighted by Crippen LogP contribution is -2.22. The van der Waals surface area contributed by atoms with Crippen molar-refractivity contribution in [2.75, 3.05) is 17.2 Å². The van der Waals surface area contributed by atoms with Crippen LogP contribution >= 0.6 is 11.8 Å². The fourth-order valence-corrected chi connectivity index (χ4v) is 3.97. The predicted molar refractivity (Wildman–Crippen MR) is 132 cm³/mol. The highest BCUT2D eigenvalue weighted by Crippen LogP contribution is 2.27. The van der Waals surface area contributed by atoms with Gasteiger partial charge in [-0.2, -0.15) is 0 Å². The third-order valence-electron chi connectivity index (χ3n) is 4.67. The van der Waals surface area contributed by atoms with Gasteiger partial charge in [-0.25, -0.2) is 4.79 Å². The number of rotatable bonds is 9. The van der Waals surface area contributed by atoms with Gasteiger partial charge >= 0.3 is 5.97 Å².